The van der Waals surface area contributed by atoms with Crippen LogP contribution in [-0.2, 0) is 0 Å². The van der Waals surface area contributed by atoms with E-state index in [0.29, 0.717) is 6.04 Å². The molecule has 0 spiro atoms. The van der Waals surface area contributed by atoms with Crippen LogP contribution in [0.5, 0.6) is 0 Å². The minimum Gasteiger partial charge on any atom is -0.338 e. The lowest BCUT2D eigenvalue weighted by Gasteiger charge is -2.32. The number of aryl methyl sites for hydroxylation is 1. The molecule has 0 aliphatic rings. The van der Waals surface area contributed by atoms with E-state index in [-0.39, 0.29) is 0 Å². The summed E-state index contributed by atoms with van der Waals surface area (Å²) in [5, 5.41) is 0. The number of para-hydroxylation sites is 2. The first-order valence-electron chi connectivity index (χ1n) is 8.18. The van der Waals surface area contributed by atoms with Crippen LogP contribution < -0.4 is 4.90 Å². The third-order valence-electron chi connectivity index (χ3n) is 4.14. The topological polar surface area (TPSA) is 3.24 Å². The van der Waals surface area contributed by atoms with Gasteiger partial charge in [-0.05, 0) is 44.0 Å². The van der Waals surface area contributed by atoms with Gasteiger partial charge in [0, 0.05) is 23.0 Å². The van der Waals surface area contributed by atoms with Crippen LogP contribution >= 0.6 is 0 Å². The summed E-state index contributed by atoms with van der Waals surface area (Å²) in [6, 6.07) is 28.2. The molecule has 0 atom stereocenters. The van der Waals surface area contributed by atoms with Crippen molar-refractivity contribution in [3.05, 3.63) is 84.4 Å². The van der Waals surface area contributed by atoms with Crippen molar-refractivity contribution in [1.82, 2.24) is 0 Å². The first kappa shape index (κ1) is 15.4. The van der Waals surface area contributed by atoms with E-state index in [1.165, 1.54) is 28.1 Å². The van der Waals surface area contributed by atoms with Gasteiger partial charge in [0.25, 0.3) is 0 Å². The molecular weight excluding hydrogens is 278 g/mol. The van der Waals surface area contributed by atoms with Crippen molar-refractivity contribution in [3.63, 3.8) is 0 Å². The summed E-state index contributed by atoms with van der Waals surface area (Å²) in [5.74, 6) is 0. The number of hydrogen-bond donors (Lipinski definition) is 0. The van der Waals surface area contributed by atoms with Crippen LogP contribution in [0, 0.1) is 6.92 Å². The maximum absolute atomic E-state index is 2.43. The Labute approximate surface area is 139 Å². The first-order valence-corrected chi connectivity index (χ1v) is 8.18. The molecule has 3 aromatic carbocycles. The Morgan fingerprint density at radius 2 is 1.22 bits per heavy atom. The Bertz CT molecular complexity index is 775. The highest BCUT2D eigenvalue weighted by Gasteiger charge is 2.18. The maximum Gasteiger partial charge on any atom is 0.0492 e. The molecule has 0 aromatic heterocycles. The smallest absolute Gasteiger partial charge is 0.0492 e. The third-order valence-corrected chi connectivity index (χ3v) is 4.14. The Morgan fingerprint density at radius 3 is 1.87 bits per heavy atom. The van der Waals surface area contributed by atoms with Crippen LogP contribution in [0.15, 0.2) is 78.9 Å². The average Bonchev–Trinajstić information content (AvgIpc) is 2.58. The highest BCUT2D eigenvalue weighted by atomic mass is 15.2. The summed E-state index contributed by atoms with van der Waals surface area (Å²) >= 11 is 0. The van der Waals surface area contributed by atoms with Crippen molar-refractivity contribution >= 4 is 11.4 Å². The van der Waals surface area contributed by atoms with Gasteiger partial charge in [-0.3, -0.25) is 0 Å². The number of rotatable bonds is 4. The standard InChI is InChI=1S/C22H23N/c1-17(2)23(21-15-9-7-11-18(21)3)22-16-10-8-14-20(22)19-12-5-4-6-13-19/h4-17H,1-3H3. The zero-order chi connectivity index (χ0) is 16.2. The molecule has 0 aliphatic carbocycles. The molecule has 116 valence electrons. The molecule has 1 nitrogen and oxygen atoms in total. The highest BCUT2D eigenvalue weighted by molar-refractivity contribution is 5.83. The van der Waals surface area contributed by atoms with Gasteiger partial charge in [0.1, 0.15) is 0 Å². The SMILES string of the molecule is Cc1ccccc1N(c1ccccc1-c1ccccc1)C(C)C. The molecule has 0 fully saturated rings. The molecule has 3 rings (SSSR count). The molecule has 0 amide bonds. The average molecular weight is 301 g/mol. The zero-order valence-electron chi connectivity index (χ0n) is 14.0. The number of nitrogens with zero attached hydrogens (tertiary/aromatic N) is 1. The second kappa shape index (κ2) is 6.70. The second-order valence-electron chi connectivity index (χ2n) is 6.13. The van der Waals surface area contributed by atoms with Crippen molar-refractivity contribution in [3.8, 4) is 11.1 Å². The van der Waals surface area contributed by atoms with Crippen LogP contribution in [0.25, 0.3) is 11.1 Å². The molecule has 0 radical (unpaired) electrons. The highest BCUT2D eigenvalue weighted by Crippen LogP contribution is 2.37. The summed E-state index contributed by atoms with van der Waals surface area (Å²) < 4.78 is 0. The zero-order valence-corrected chi connectivity index (χ0v) is 14.0. The van der Waals surface area contributed by atoms with Gasteiger partial charge < -0.3 is 4.90 Å². The van der Waals surface area contributed by atoms with E-state index in [4.69, 9.17) is 0 Å². The number of hydrogen-bond acceptors (Lipinski definition) is 1. The fraction of sp³-hybridized carbons (Fsp3) is 0.182. The van der Waals surface area contributed by atoms with Crippen molar-refractivity contribution in [2.24, 2.45) is 0 Å². The molecule has 23 heavy (non-hydrogen) atoms. The Kier molecular flexibility index (Phi) is 4.47. The van der Waals surface area contributed by atoms with Crippen molar-refractivity contribution in [1.29, 1.82) is 0 Å². The molecule has 0 N–H and O–H groups in total. The maximum atomic E-state index is 2.43. The van der Waals surface area contributed by atoms with Crippen LogP contribution in [0.1, 0.15) is 19.4 Å². The fourth-order valence-electron chi connectivity index (χ4n) is 3.07. The van der Waals surface area contributed by atoms with Gasteiger partial charge in [0.15, 0.2) is 0 Å². The summed E-state index contributed by atoms with van der Waals surface area (Å²) in [7, 11) is 0. The van der Waals surface area contributed by atoms with Crippen LogP contribution in [0.3, 0.4) is 0 Å². The normalized spacial score (nSPS) is 10.8. The van der Waals surface area contributed by atoms with Crippen LogP contribution in [0.2, 0.25) is 0 Å². The molecule has 0 saturated heterocycles. The van der Waals surface area contributed by atoms with Gasteiger partial charge in [0.2, 0.25) is 0 Å². The molecule has 0 unspecified atom stereocenters. The van der Waals surface area contributed by atoms with Gasteiger partial charge in [-0.2, -0.15) is 0 Å². The van der Waals surface area contributed by atoms with Gasteiger partial charge in [-0.15, -0.1) is 0 Å². The molecule has 0 aliphatic heterocycles. The molecule has 0 saturated carbocycles. The summed E-state index contributed by atoms with van der Waals surface area (Å²) in [6.07, 6.45) is 0. The van der Waals surface area contributed by atoms with E-state index in [1.807, 2.05) is 0 Å². The monoisotopic (exact) mass is 301 g/mol. The van der Waals surface area contributed by atoms with E-state index < -0.39 is 0 Å². The van der Waals surface area contributed by atoms with E-state index in [2.05, 4.69) is 105 Å². The molecular formula is C22H23N. The largest absolute Gasteiger partial charge is 0.338 e. The minimum absolute atomic E-state index is 0.376. The second-order valence-corrected chi connectivity index (χ2v) is 6.13. The van der Waals surface area contributed by atoms with Crippen LogP contribution in [0.4, 0.5) is 11.4 Å². The van der Waals surface area contributed by atoms with E-state index in [0.717, 1.165) is 0 Å². The van der Waals surface area contributed by atoms with Gasteiger partial charge in [-0.25, -0.2) is 0 Å². The molecule has 0 heterocycles. The predicted molar refractivity (Wildman–Crippen MR) is 100 cm³/mol. The van der Waals surface area contributed by atoms with E-state index >= 15 is 0 Å². The molecule has 1 heteroatoms. The quantitative estimate of drug-likeness (QED) is 0.554. The van der Waals surface area contributed by atoms with Crippen molar-refractivity contribution < 1.29 is 0 Å². The van der Waals surface area contributed by atoms with E-state index in [1.54, 1.807) is 0 Å². The lowest BCUT2D eigenvalue weighted by molar-refractivity contribution is 0.787. The van der Waals surface area contributed by atoms with Crippen molar-refractivity contribution in [2.75, 3.05) is 4.90 Å². The van der Waals surface area contributed by atoms with Gasteiger partial charge >= 0.3 is 0 Å². The number of anilines is 2. The Hall–Kier alpha value is -2.54. The Balaban J connectivity index is 2.18. The summed E-state index contributed by atoms with van der Waals surface area (Å²) in [6.45, 7) is 6.66. The molecule has 0 bridgehead atoms. The van der Waals surface area contributed by atoms with Gasteiger partial charge in [-0.1, -0.05) is 66.7 Å². The van der Waals surface area contributed by atoms with Gasteiger partial charge in [0.05, 0.1) is 0 Å². The first-order chi connectivity index (χ1) is 11.2. The minimum atomic E-state index is 0.376. The predicted octanol–water partition coefficient (Wildman–Crippen LogP) is 6.21. The van der Waals surface area contributed by atoms with Crippen LogP contribution in [-0.4, -0.2) is 6.04 Å². The summed E-state index contributed by atoms with van der Waals surface area (Å²) in [4.78, 5) is 2.43. The lowest BCUT2D eigenvalue weighted by atomic mass is 10.0. The van der Waals surface area contributed by atoms with E-state index in [9.17, 15) is 0 Å². The lowest BCUT2D eigenvalue weighted by Crippen LogP contribution is -2.26. The number of benzene rings is 3. The third kappa shape index (κ3) is 3.14. The molecule has 3 aromatic rings. The summed E-state index contributed by atoms with van der Waals surface area (Å²) in [5.41, 5.74) is 6.34. The Morgan fingerprint density at radius 1 is 0.652 bits per heavy atom. The fourth-order valence-corrected chi connectivity index (χ4v) is 3.07. The van der Waals surface area contributed by atoms with Crippen molar-refractivity contribution in [2.45, 2.75) is 26.8 Å².